The fourth-order valence-corrected chi connectivity index (χ4v) is 3.43. The summed E-state index contributed by atoms with van der Waals surface area (Å²) in [6.07, 6.45) is 0. The summed E-state index contributed by atoms with van der Waals surface area (Å²) in [4.78, 5) is 27.4. The number of nitrogens with zero attached hydrogens (tertiary/aromatic N) is 1. The SMILES string of the molecule is COc1ccc2cc(CN(C)C(=O)C[NH+](C)CC(=O)Nc3ccc(C)cc3)ccc2c1. The van der Waals surface area contributed by atoms with Gasteiger partial charge in [0.05, 0.1) is 14.2 Å². The van der Waals surface area contributed by atoms with E-state index in [0.29, 0.717) is 6.54 Å². The van der Waals surface area contributed by atoms with Crippen molar-refractivity contribution >= 4 is 28.3 Å². The normalized spacial score (nSPS) is 11.7. The van der Waals surface area contributed by atoms with Crippen LogP contribution in [0.5, 0.6) is 5.75 Å². The number of rotatable bonds is 8. The molecule has 3 aromatic rings. The number of ether oxygens (including phenoxy) is 1. The molecule has 2 N–H and O–H groups in total. The quantitative estimate of drug-likeness (QED) is 0.588. The topological polar surface area (TPSA) is 63.1 Å². The first kappa shape index (κ1) is 22.3. The first-order valence-corrected chi connectivity index (χ1v) is 10.3. The predicted octanol–water partition coefficient (Wildman–Crippen LogP) is 2.27. The summed E-state index contributed by atoms with van der Waals surface area (Å²) in [5.41, 5.74) is 2.96. The number of benzene rings is 3. The maximum Gasteiger partial charge on any atom is 0.279 e. The standard InChI is InChI=1S/C25H29N3O3/c1-18-5-10-22(11-6-18)26-24(29)16-27(2)17-25(30)28(3)15-19-7-8-21-14-23(31-4)12-9-20(21)13-19/h5-14H,15-17H2,1-4H3,(H,26,29)/p+1. The number of aryl methyl sites for hydroxylation is 1. The van der Waals surface area contributed by atoms with Crippen LogP contribution in [-0.4, -0.2) is 51.0 Å². The average Bonchev–Trinajstić information content (AvgIpc) is 2.74. The highest BCUT2D eigenvalue weighted by molar-refractivity contribution is 5.91. The maximum absolute atomic E-state index is 12.6. The molecule has 0 aromatic heterocycles. The molecular formula is C25H30N3O3+. The van der Waals surface area contributed by atoms with Crippen LogP contribution in [0, 0.1) is 6.92 Å². The van der Waals surface area contributed by atoms with Crippen molar-refractivity contribution in [3.8, 4) is 5.75 Å². The highest BCUT2D eigenvalue weighted by Gasteiger charge is 2.18. The van der Waals surface area contributed by atoms with Crippen molar-refractivity contribution in [2.24, 2.45) is 0 Å². The Morgan fingerprint density at radius 2 is 1.65 bits per heavy atom. The molecular weight excluding hydrogens is 390 g/mol. The summed E-state index contributed by atoms with van der Waals surface area (Å²) >= 11 is 0. The molecule has 3 rings (SSSR count). The van der Waals surface area contributed by atoms with Gasteiger partial charge >= 0.3 is 0 Å². The largest absolute Gasteiger partial charge is 0.497 e. The summed E-state index contributed by atoms with van der Waals surface area (Å²) in [7, 11) is 5.30. The maximum atomic E-state index is 12.6. The fourth-order valence-electron chi connectivity index (χ4n) is 3.43. The zero-order chi connectivity index (χ0) is 22.4. The van der Waals surface area contributed by atoms with E-state index >= 15 is 0 Å². The highest BCUT2D eigenvalue weighted by atomic mass is 16.5. The molecule has 0 bridgehead atoms. The molecule has 0 radical (unpaired) electrons. The minimum atomic E-state index is -0.109. The predicted molar refractivity (Wildman–Crippen MR) is 123 cm³/mol. The first-order chi connectivity index (χ1) is 14.8. The Bertz CT molecular complexity index is 1060. The molecule has 1 unspecified atom stereocenters. The van der Waals surface area contributed by atoms with E-state index in [1.807, 2.05) is 68.6 Å². The van der Waals surface area contributed by atoms with Crippen LogP contribution < -0.4 is 15.0 Å². The van der Waals surface area contributed by atoms with Crippen LogP contribution in [0.15, 0.2) is 60.7 Å². The van der Waals surface area contributed by atoms with Gasteiger partial charge in [0.2, 0.25) is 0 Å². The van der Waals surface area contributed by atoms with Crippen molar-refractivity contribution in [1.29, 1.82) is 0 Å². The van der Waals surface area contributed by atoms with E-state index in [-0.39, 0.29) is 24.9 Å². The van der Waals surface area contributed by atoms with Crippen LogP contribution in [-0.2, 0) is 16.1 Å². The van der Waals surface area contributed by atoms with E-state index in [0.717, 1.165) is 38.2 Å². The molecule has 2 amide bonds. The van der Waals surface area contributed by atoms with Gasteiger partial charge in [0.15, 0.2) is 13.1 Å². The van der Waals surface area contributed by atoms with Crippen molar-refractivity contribution in [2.75, 3.05) is 39.6 Å². The summed E-state index contributed by atoms with van der Waals surface area (Å²) < 4.78 is 5.27. The van der Waals surface area contributed by atoms with Crippen molar-refractivity contribution in [3.63, 3.8) is 0 Å². The lowest BCUT2D eigenvalue weighted by atomic mass is 10.1. The Morgan fingerprint density at radius 1 is 0.968 bits per heavy atom. The minimum Gasteiger partial charge on any atom is -0.497 e. The van der Waals surface area contributed by atoms with E-state index in [1.165, 1.54) is 0 Å². The molecule has 0 saturated carbocycles. The van der Waals surface area contributed by atoms with E-state index in [4.69, 9.17) is 4.74 Å². The molecule has 31 heavy (non-hydrogen) atoms. The lowest BCUT2D eigenvalue weighted by molar-refractivity contribution is -0.862. The van der Waals surface area contributed by atoms with Crippen LogP contribution in [0.25, 0.3) is 10.8 Å². The van der Waals surface area contributed by atoms with E-state index in [1.54, 1.807) is 19.1 Å². The molecule has 3 aromatic carbocycles. The van der Waals surface area contributed by atoms with Gasteiger partial charge < -0.3 is 19.9 Å². The Kier molecular flexibility index (Phi) is 7.26. The Morgan fingerprint density at radius 3 is 2.35 bits per heavy atom. The Labute approximate surface area is 183 Å². The lowest BCUT2D eigenvalue weighted by Crippen LogP contribution is -3.11. The second-order valence-electron chi connectivity index (χ2n) is 8.02. The zero-order valence-corrected chi connectivity index (χ0v) is 18.6. The summed E-state index contributed by atoms with van der Waals surface area (Å²) in [5.74, 6) is 0.710. The molecule has 0 saturated heterocycles. The average molecular weight is 421 g/mol. The molecule has 0 fully saturated rings. The monoisotopic (exact) mass is 420 g/mol. The minimum absolute atomic E-state index is 0.00420. The molecule has 6 heteroatoms. The Balaban J connectivity index is 1.51. The number of fused-ring (bicyclic) bond motifs is 1. The zero-order valence-electron chi connectivity index (χ0n) is 18.6. The van der Waals surface area contributed by atoms with Gasteiger partial charge in [-0.2, -0.15) is 0 Å². The van der Waals surface area contributed by atoms with Crippen molar-refractivity contribution in [3.05, 3.63) is 71.8 Å². The number of anilines is 1. The van der Waals surface area contributed by atoms with Crippen molar-refractivity contribution in [1.82, 2.24) is 4.90 Å². The van der Waals surface area contributed by atoms with Gasteiger partial charge in [0, 0.05) is 19.3 Å². The number of carbonyl (C=O) groups excluding carboxylic acids is 2. The van der Waals surface area contributed by atoms with Gasteiger partial charge in [0.1, 0.15) is 5.75 Å². The van der Waals surface area contributed by atoms with Gasteiger partial charge in [-0.05, 0) is 53.6 Å². The molecule has 0 aliphatic carbocycles. The number of hydrogen-bond donors (Lipinski definition) is 2. The third-order valence-corrected chi connectivity index (χ3v) is 5.21. The lowest BCUT2D eigenvalue weighted by Gasteiger charge is -2.20. The van der Waals surface area contributed by atoms with Crippen molar-refractivity contribution in [2.45, 2.75) is 13.5 Å². The number of methoxy groups -OCH3 is 1. The smallest absolute Gasteiger partial charge is 0.279 e. The van der Waals surface area contributed by atoms with E-state index in [2.05, 4.69) is 11.4 Å². The number of amides is 2. The van der Waals surface area contributed by atoms with Gasteiger partial charge in [-0.25, -0.2) is 0 Å². The number of quaternary nitrogens is 1. The van der Waals surface area contributed by atoms with Crippen LogP contribution >= 0.6 is 0 Å². The second-order valence-corrected chi connectivity index (χ2v) is 8.02. The van der Waals surface area contributed by atoms with Gasteiger partial charge in [-0.3, -0.25) is 9.59 Å². The van der Waals surface area contributed by atoms with Gasteiger partial charge in [-0.15, -0.1) is 0 Å². The third kappa shape index (κ3) is 6.30. The molecule has 0 aliphatic rings. The number of nitrogens with one attached hydrogen (secondary N) is 2. The molecule has 6 nitrogen and oxygen atoms in total. The molecule has 0 aliphatic heterocycles. The fraction of sp³-hybridized carbons (Fsp3) is 0.280. The number of carbonyl (C=O) groups is 2. The molecule has 0 spiro atoms. The molecule has 0 heterocycles. The Hall–Kier alpha value is -3.38. The van der Waals surface area contributed by atoms with Gasteiger partial charge in [-0.1, -0.05) is 35.9 Å². The van der Waals surface area contributed by atoms with E-state index < -0.39 is 0 Å². The van der Waals surface area contributed by atoms with E-state index in [9.17, 15) is 9.59 Å². The van der Waals surface area contributed by atoms with Crippen LogP contribution in [0.4, 0.5) is 5.69 Å². The second kappa shape index (κ2) is 10.1. The molecule has 1 atom stereocenters. The summed E-state index contributed by atoms with van der Waals surface area (Å²) in [5, 5.41) is 5.08. The van der Waals surface area contributed by atoms with Crippen molar-refractivity contribution < 1.29 is 19.2 Å². The van der Waals surface area contributed by atoms with Crippen LogP contribution in [0.3, 0.4) is 0 Å². The molecule has 162 valence electrons. The number of hydrogen-bond acceptors (Lipinski definition) is 3. The summed E-state index contributed by atoms with van der Waals surface area (Å²) in [6, 6.07) is 19.8. The van der Waals surface area contributed by atoms with Crippen LogP contribution in [0.2, 0.25) is 0 Å². The van der Waals surface area contributed by atoms with Gasteiger partial charge in [0.25, 0.3) is 11.8 Å². The third-order valence-electron chi connectivity index (χ3n) is 5.21. The highest BCUT2D eigenvalue weighted by Crippen LogP contribution is 2.22. The first-order valence-electron chi connectivity index (χ1n) is 10.3. The number of likely N-dealkylation sites (N-methyl/N-ethyl adjacent to an activating group) is 2. The van der Waals surface area contributed by atoms with Crippen LogP contribution in [0.1, 0.15) is 11.1 Å². The summed E-state index contributed by atoms with van der Waals surface area (Å²) in [6.45, 7) is 3.00.